The number of H-pyrrole nitrogens is 1. The predicted octanol–water partition coefficient (Wildman–Crippen LogP) is 3.87. The maximum atomic E-state index is 13.6. The van der Waals surface area contributed by atoms with Crippen LogP contribution in [0.25, 0.3) is 16.4 Å². The largest absolute Gasteiger partial charge is 0.365 e. The minimum atomic E-state index is -2.67. The van der Waals surface area contributed by atoms with Crippen molar-refractivity contribution in [2.24, 2.45) is 0 Å². The summed E-state index contributed by atoms with van der Waals surface area (Å²) in [7, 11) is 0. The fraction of sp³-hybridized carbons (Fsp3) is 0.385. The standard InChI is InChI=1S/C26H26F2N6O2/c27-26(28)10-12-33(15-26)18-9-11-34-21(14-29-22(34)13-18)25(36)30-17-7-5-16(6-8-17)23-19-3-1-2-4-20(19)24(35)32-31-23/h1-4,9,11,13-14,16-17H,5-8,10,12,15H2,(H,30,36)(H,32,35)/t16-,17-. The van der Waals surface area contributed by atoms with Gasteiger partial charge in [-0.15, -0.1) is 0 Å². The zero-order chi connectivity index (χ0) is 24.9. The van der Waals surface area contributed by atoms with Crippen LogP contribution in [0.4, 0.5) is 14.5 Å². The second-order valence-electron chi connectivity index (χ2n) is 9.79. The summed E-state index contributed by atoms with van der Waals surface area (Å²) in [5.41, 5.74) is 2.36. The molecule has 2 aliphatic rings. The number of benzene rings is 1. The van der Waals surface area contributed by atoms with E-state index < -0.39 is 5.92 Å². The molecule has 36 heavy (non-hydrogen) atoms. The van der Waals surface area contributed by atoms with Crippen LogP contribution in [0.3, 0.4) is 0 Å². The Balaban J connectivity index is 1.12. The fourth-order valence-electron chi connectivity index (χ4n) is 5.51. The average molecular weight is 493 g/mol. The number of nitrogens with zero attached hydrogens (tertiary/aromatic N) is 4. The third kappa shape index (κ3) is 4.10. The van der Waals surface area contributed by atoms with Crippen LogP contribution in [0.2, 0.25) is 0 Å². The van der Waals surface area contributed by atoms with Gasteiger partial charge in [0.2, 0.25) is 0 Å². The number of carbonyl (C=O) groups is 1. The monoisotopic (exact) mass is 492 g/mol. The van der Waals surface area contributed by atoms with E-state index in [1.54, 1.807) is 27.6 Å². The first-order valence-corrected chi connectivity index (χ1v) is 12.3. The molecule has 1 saturated carbocycles. The maximum absolute atomic E-state index is 13.6. The first-order valence-electron chi connectivity index (χ1n) is 12.3. The van der Waals surface area contributed by atoms with Gasteiger partial charge < -0.3 is 10.2 Å². The topological polar surface area (TPSA) is 95.4 Å². The minimum Gasteiger partial charge on any atom is -0.365 e. The van der Waals surface area contributed by atoms with Crippen LogP contribution in [-0.4, -0.2) is 50.5 Å². The Morgan fingerprint density at radius 3 is 2.64 bits per heavy atom. The van der Waals surface area contributed by atoms with Crippen molar-refractivity contribution in [1.29, 1.82) is 0 Å². The van der Waals surface area contributed by atoms with Crippen molar-refractivity contribution in [2.75, 3.05) is 18.0 Å². The molecule has 1 aliphatic heterocycles. The van der Waals surface area contributed by atoms with Crippen LogP contribution in [0.15, 0.2) is 53.6 Å². The lowest BCUT2D eigenvalue weighted by Gasteiger charge is -2.29. The number of aromatic amines is 1. The summed E-state index contributed by atoms with van der Waals surface area (Å²) >= 11 is 0. The molecule has 1 aromatic carbocycles. The summed E-state index contributed by atoms with van der Waals surface area (Å²) in [4.78, 5) is 31.1. The van der Waals surface area contributed by atoms with Crippen molar-refractivity contribution >= 4 is 28.0 Å². The quantitative estimate of drug-likeness (QED) is 0.451. The molecule has 1 saturated heterocycles. The van der Waals surface area contributed by atoms with Crippen LogP contribution in [0.5, 0.6) is 0 Å². The molecule has 0 radical (unpaired) electrons. The van der Waals surface area contributed by atoms with Gasteiger partial charge in [-0.05, 0) is 37.8 Å². The Bertz CT molecular complexity index is 1510. The van der Waals surface area contributed by atoms with E-state index in [0.29, 0.717) is 29.0 Å². The van der Waals surface area contributed by atoms with Gasteiger partial charge in [0, 0.05) is 48.3 Å². The molecule has 4 aromatic rings. The summed E-state index contributed by atoms with van der Waals surface area (Å²) < 4.78 is 28.9. The van der Waals surface area contributed by atoms with Gasteiger partial charge in [0.15, 0.2) is 0 Å². The number of anilines is 1. The number of alkyl halides is 2. The minimum absolute atomic E-state index is 0.0273. The number of hydrogen-bond acceptors (Lipinski definition) is 5. The molecule has 3 aromatic heterocycles. The Morgan fingerprint density at radius 2 is 1.89 bits per heavy atom. The van der Waals surface area contributed by atoms with Crippen LogP contribution in [0, 0.1) is 0 Å². The number of halogens is 2. The van der Waals surface area contributed by atoms with Crippen LogP contribution >= 0.6 is 0 Å². The van der Waals surface area contributed by atoms with Gasteiger partial charge >= 0.3 is 0 Å². The molecule has 0 unspecified atom stereocenters. The van der Waals surface area contributed by atoms with Gasteiger partial charge in [0.1, 0.15) is 11.3 Å². The normalized spacial score (nSPS) is 21.8. The van der Waals surface area contributed by atoms with Gasteiger partial charge in [-0.2, -0.15) is 5.10 Å². The fourth-order valence-corrected chi connectivity index (χ4v) is 5.51. The van der Waals surface area contributed by atoms with E-state index in [0.717, 1.165) is 36.8 Å². The molecular formula is C26H26F2N6O2. The van der Waals surface area contributed by atoms with E-state index >= 15 is 0 Å². The summed E-state index contributed by atoms with van der Waals surface area (Å²) in [6, 6.07) is 11.0. The summed E-state index contributed by atoms with van der Waals surface area (Å²) in [5, 5.41) is 11.6. The predicted molar refractivity (Wildman–Crippen MR) is 132 cm³/mol. The number of hydrogen-bond donors (Lipinski definition) is 2. The number of amides is 1. The van der Waals surface area contributed by atoms with Crippen molar-refractivity contribution in [2.45, 2.75) is 50.0 Å². The molecule has 8 nitrogen and oxygen atoms in total. The van der Waals surface area contributed by atoms with Crippen molar-refractivity contribution in [3.05, 3.63) is 70.5 Å². The Labute approximate surface area is 205 Å². The lowest BCUT2D eigenvalue weighted by Crippen LogP contribution is -2.38. The molecule has 0 bridgehead atoms. The van der Waals surface area contributed by atoms with E-state index in [4.69, 9.17) is 0 Å². The van der Waals surface area contributed by atoms with E-state index in [1.807, 2.05) is 24.3 Å². The maximum Gasteiger partial charge on any atom is 0.272 e. The second kappa shape index (κ2) is 8.69. The molecule has 0 atom stereocenters. The SMILES string of the molecule is O=C(N[C@H]1CC[C@H](c2n[nH]c(=O)c3ccccc32)CC1)c1cnc2cc(N3CCC(F)(F)C3)ccn12. The molecule has 186 valence electrons. The van der Waals surface area contributed by atoms with Crippen molar-refractivity contribution < 1.29 is 13.6 Å². The third-order valence-corrected chi connectivity index (χ3v) is 7.44. The van der Waals surface area contributed by atoms with E-state index in [9.17, 15) is 18.4 Å². The molecular weight excluding hydrogens is 466 g/mol. The van der Waals surface area contributed by atoms with Gasteiger partial charge in [-0.1, -0.05) is 18.2 Å². The molecule has 10 heteroatoms. The van der Waals surface area contributed by atoms with Gasteiger partial charge in [-0.3, -0.25) is 14.0 Å². The Morgan fingerprint density at radius 1 is 1.11 bits per heavy atom. The third-order valence-electron chi connectivity index (χ3n) is 7.44. The summed E-state index contributed by atoms with van der Waals surface area (Å²) in [6.45, 7) is -0.00540. The van der Waals surface area contributed by atoms with Crippen LogP contribution < -0.4 is 15.8 Å². The molecule has 2 fully saturated rings. The lowest BCUT2D eigenvalue weighted by molar-refractivity contribution is 0.0257. The summed E-state index contributed by atoms with van der Waals surface area (Å²) in [5.74, 6) is -2.67. The number of imidazole rings is 1. The first-order chi connectivity index (χ1) is 17.4. The molecule has 1 aliphatic carbocycles. The van der Waals surface area contributed by atoms with Gasteiger partial charge in [0.05, 0.1) is 23.8 Å². The smallest absolute Gasteiger partial charge is 0.272 e. The number of rotatable bonds is 4. The number of fused-ring (bicyclic) bond motifs is 2. The number of nitrogens with one attached hydrogen (secondary N) is 2. The second-order valence-corrected chi connectivity index (χ2v) is 9.79. The number of pyridine rings is 1. The van der Waals surface area contributed by atoms with E-state index in [-0.39, 0.29) is 36.4 Å². The Hall–Kier alpha value is -3.82. The lowest BCUT2D eigenvalue weighted by atomic mass is 9.82. The first kappa shape index (κ1) is 22.6. The average Bonchev–Trinajstić information content (AvgIpc) is 3.47. The molecule has 1 amide bonds. The highest BCUT2D eigenvalue weighted by molar-refractivity contribution is 5.93. The summed E-state index contributed by atoms with van der Waals surface area (Å²) in [6.07, 6.45) is 6.39. The van der Waals surface area contributed by atoms with Crippen molar-refractivity contribution in [3.8, 4) is 0 Å². The highest BCUT2D eigenvalue weighted by Gasteiger charge is 2.38. The molecule has 6 rings (SSSR count). The van der Waals surface area contributed by atoms with Gasteiger partial charge in [0.25, 0.3) is 17.4 Å². The van der Waals surface area contributed by atoms with Crippen LogP contribution in [-0.2, 0) is 0 Å². The molecule has 2 N–H and O–H groups in total. The van der Waals surface area contributed by atoms with Crippen molar-refractivity contribution in [1.82, 2.24) is 24.9 Å². The van der Waals surface area contributed by atoms with Gasteiger partial charge in [-0.25, -0.2) is 18.9 Å². The number of aromatic nitrogens is 4. The van der Waals surface area contributed by atoms with E-state index in [1.165, 1.54) is 6.20 Å². The van der Waals surface area contributed by atoms with Crippen LogP contribution in [0.1, 0.15) is 54.2 Å². The highest BCUT2D eigenvalue weighted by atomic mass is 19.3. The Kier molecular flexibility index (Phi) is 5.46. The molecule has 4 heterocycles. The highest BCUT2D eigenvalue weighted by Crippen LogP contribution is 2.35. The zero-order valence-corrected chi connectivity index (χ0v) is 19.6. The number of carbonyl (C=O) groups excluding carboxylic acids is 1. The van der Waals surface area contributed by atoms with Crippen molar-refractivity contribution in [3.63, 3.8) is 0 Å². The van der Waals surface area contributed by atoms with E-state index in [2.05, 4.69) is 20.5 Å². The zero-order valence-electron chi connectivity index (χ0n) is 19.6. The molecule has 0 spiro atoms.